The second kappa shape index (κ2) is 6.31. The van der Waals surface area contributed by atoms with E-state index in [9.17, 15) is 18.3 Å². The van der Waals surface area contributed by atoms with Gasteiger partial charge in [-0.3, -0.25) is 0 Å². The number of hydrogen-bond donors (Lipinski definition) is 2. The van der Waals surface area contributed by atoms with Crippen LogP contribution in [-0.2, 0) is 12.6 Å². The Morgan fingerprint density at radius 3 is 2.56 bits per heavy atom. The van der Waals surface area contributed by atoms with Crippen molar-refractivity contribution in [3.63, 3.8) is 0 Å². The zero-order chi connectivity index (χ0) is 18.2. The summed E-state index contributed by atoms with van der Waals surface area (Å²) in [6.45, 7) is 3.94. The van der Waals surface area contributed by atoms with Crippen LogP contribution in [0.4, 0.5) is 13.2 Å². The highest BCUT2D eigenvalue weighted by Crippen LogP contribution is 2.40. The quantitative estimate of drug-likeness (QED) is 0.669. The molecule has 0 bridgehead atoms. The van der Waals surface area contributed by atoms with E-state index in [-0.39, 0.29) is 11.3 Å². The molecular weight excluding hydrogens is 333 g/mol. The standard InChI is InChI=1S/C18H17F3N2O2/c1-3-4-14-10(2)22-17(23-14)16-8-7-15(25-16)12-6-5-11(24)9-13(12)18(19,20)21/h5-9,24H,3-4H2,1-2H3,(H,22,23). The molecule has 0 unspecified atom stereocenters. The van der Waals surface area contributed by atoms with Crippen molar-refractivity contribution < 1.29 is 22.7 Å². The summed E-state index contributed by atoms with van der Waals surface area (Å²) in [5, 5.41) is 9.37. The molecule has 3 rings (SSSR count). The van der Waals surface area contributed by atoms with Gasteiger partial charge in [-0.1, -0.05) is 13.3 Å². The number of aryl methyl sites for hydroxylation is 2. The molecule has 0 radical (unpaired) electrons. The number of aromatic amines is 1. The van der Waals surface area contributed by atoms with Crippen molar-refractivity contribution in [1.82, 2.24) is 9.97 Å². The lowest BCUT2D eigenvalue weighted by atomic mass is 10.0. The van der Waals surface area contributed by atoms with Crippen molar-refractivity contribution in [2.45, 2.75) is 32.9 Å². The average Bonchev–Trinajstić information content (AvgIpc) is 3.14. The fourth-order valence-corrected chi connectivity index (χ4v) is 2.68. The largest absolute Gasteiger partial charge is 0.508 e. The van der Waals surface area contributed by atoms with Gasteiger partial charge in [-0.05, 0) is 43.7 Å². The van der Waals surface area contributed by atoms with Gasteiger partial charge in [-0.25, -0.2) is 4.98 Å². The molecule has 0 aliphatic carbocycles. The highest BCUT2D eigenvalue weighted by atomic mass is 19.4. The highest BCUT2D eigenvalue weighted by Gasteiger charge is 2.35. The molecule has 25 heavy (non-hydrogen) atoms. The van der Waals surface area contributed by atoms with Crippen LogP contribution in [0.3, 0.4) is 0 Å². The molecule has 0 atom stereocenters. The van der Waals surface area contributed by atoms with Gasteiger partial charge in [-0.2, -0.15) is 13.2 Å². The summed E-state index contributed by atoms with van der Waals surface area (Å²) in [6, 6.07) is 6.12. The van der Waals surface area contributed by atoms with Gasteiger partial charge < -0.3 is 14.5 Å². The first-order valence-corrected chi connectivity index (χ1v) is 7.86. The maximum Gasteiger partial charge on any atom is 0.417 e. The van der Waals surface area contributed by atoms with Crippen molar-refractivity contribution in [3.8, 4) is 28.7 Å². The van der Waals surface area contributed by atoms with E-state index in [0.29, 0.717) is 17.7 Å². The molecule has 0 saturated carbocycles. The number of nitrogens with zero attached hydrogens (tertiary/aromatic N) is 1. The smallest absolute Gasteiger partial charge is 0.417 e. The fourth-order valence-electron chi connectivity index (χ4n) is 2.68. The Bertz CT molecular complexity index is 894. The van der Waals surface area contributed by atoms with Crippen LogP contribution in [-0.4, -0.2) is 15.1 Å². The van der Waals surface area contributed by atoms with Gasteiger partial charge >= 0.3 is 6.18 Å². The van der Waals surface area contributed by atoms with Crippen LogP contribution in [0, 0.1) is 6.92 Å². The topological polar surface area (TPSA) is 62.1 Å². The Morgan fingerprint density at radius 1 is 1.16 bits per heavy atom. The summed E-state index contributed by atoms with van der Waals surface area (Å²) in [5.74, 6) is 0.461. The Morgan fingerprint density at radius 2 is 1.88 bits per heavy atom. The Kier molecular flexibility index (Phi) is 4.32. The van der Waals surface area contributed by atoms with E-state index in [1.807, 2.05) is 13.8 Å². The summed E-state index contributed by atoms with van der Waals surface area (Å²) in [4.78, 5) is 7.55. The zero-order valence-corrected chi connectivity index (χ0v) is 13.7. The SMILES string of the molecule is CCCc1nc(-c2ccc(-c3ccc(O)cc3C(F)(F)F)o2)[nH]c1C. The number of aromatic hydroxyl groups is 1. The number of aromatic nitrogens is 2. The summed E-state index contributed by atoms with van der Waals surface area (Å²) in [5.41, 5.74) is 0.746. The van der Waals surface area contributed by atoms with Crippen molar-refractivity contribution in [1.29, 1.82) is 0 Å². The molecule has 2 N–H and O–H groups in total. The summed E-state index contributed by atoms with van der Waals surface area (Å²) in [7, 11) is 0. The minimum atomic E-state index is -4.60. The lowest BCUT2D eigenvalue weighted by molar-refractivity contribution is -0.137. The molecule has 0 aliphatic rings. The Hall–Kier alpha value is -2.70. The molecule has 4 nitrogen and oxygen atoms in total. The molecule has 1 aromatic carbocycles. The maximum absolute atomic E-state index is 13.2. The lowest BCUT2D eigenvalue weighted by Crippen LogP contribution is -2.06. The highest BCUT2D eigenvalue weighted by molar-refractivity contribution is 5.67. The van der Waals surface area contributed by atoms with Crippen molar-refractivity contribution in [3.05, 3.63) is 47.3 Å². The van der Waals surface area contributed by atoms with Crippen LogP contribution >= 0.6 is 0 Å². The van der Waals surface area contributed by atoms with Crippen molar-refractivity contribution in [2.75, 3.05) is 0 Å². The number of benzene rings is 1. The van der Waals surface area contributed by atoms with E-state index in [0.717, 1.165) is 24.2 Å². The first kappa shape index (κ1) is 17.1. The minimum absolute atomic E-state index is 0.0634. The summed E-state index contributed by atoms with van der Waals surface area (Å²) < 4.78 is 45.2. The summed E-state index contributed by atoms with van der Waals surface area (Å²) >= 11 is 0. The molecule has 2 aromatic heterocycles. The second-order valence-electron chi connectivity index (χ2n) is 5.80. The lowest BCUT2D eigenvalue weighted by Gasteiger charge is -2.11. The number of phenolic OH excluding ortho intramolecular Hbond substituents is 1. The molecule has 0 aliphatic heterocycles. The summed E-state index contributed by atoms with van der Waals surface area (Å²) in [6.07, 6.45) is -2.85. The zero-order valence-electron chi connectivity index (χ0n) is 13.7. The second-order valence-corrected chi connectivity index (χ2v) is 5.80. The number of phenols is 1. The third kappa shape index (κ3) is 3.40. The van der Waals surface area contributed by atoms with E-state index in [2.05, 4.69) is 9.97 Å². The molecule has 0 saturated heterocycles. The molecular formula is C18H17F3N2O2. The Balaban J connectivity index is 2.01. The fraction of sp³-hybridized carbons (Fsp3) is 0.278. The van der Waals surface area contributed by atoms with E-state index in [4.69, 9.17) is 4.42 Å². The van der Waals surface area contributed by atoms with Gasteiger partial charge in [0, 0.05) is 11.3 Å². The third-order valence-corrected chi connectivity index (χ3v) is 3.89. The van der Waals surface area contributed by atoms with Crippen molar-refractivity contribution in [2.24, 2.45) is 0 Å². The Labute approximate surface area is 142 Å². The van der Waals surface area contributed by atoms with E-state index < -0.39 is 17.5 Å². The number of furan rings is 1. The van der Waals surface area contributed by atoms with Crippen LogP contribution in [0.15, 0.2) is 34.7 Å². The van der Waals surface area contributed by atoms with Crippen LogP contribution in [0.25, 0.3) is 22.9 Å². The van der Waals surface area contributed by atoms with Crippen LogP contribution < -0.4 is 0 Å². The molecule has 3 aromatic rings. The number of hydrogen-bond acceptors (Lipinski definition) is 3. The van der Waals surface area contributed by atoms with Gasteiger partial charge in [0.25, 0.3) is 0 Å². The van der Waals surface area contributed by atoms with Gasteiger partial charge in [0.05, 0.1) is 11.3 Å². The number of halogens is 3. The van der Waals surface area contributed by atoms with Crippen LogP contribution in [0.5, 0.6) is 5.75 Å². The van der Waals surface area contributed by atoms with Gasteiger partial charge in [0.1, 0.15) is 11.5 Å². The molecule has 132 valence electrons. The predicted octanol–water partition coefficient (Wildman–Crippen LogP) is 5.32. The average molecular weight is 350 g/mol. The number of H-pyrrole nitrogens is 1. The van der Waals surface area contributed by atoms with Gasteiger partial charge in [0.2, 0.25) is 0 Å². The molecule has 7 heteroatoms. The normalized spacial score (nSPS) is 11.9. The van der Waals surface area contributed by atoms with Crippen LogP contribution in [0.2, 0.25) is 0 Å². The first-order valence-electron chi connectivity index (χ1n) is 7.86. The number of imidazole rings is 1. The van der Waals surface area contributed by atoms with Gasteiger partial charge in [0.15, 0.2) is 11.6 Å². The number of nitrogens with one attached hydrogen (secondary N) is 1. The first-order chi connectivity index (χ1) is 11.8. The number of rotatable bonds is 4. The minimum Gasteiger partial charge on any atom is -0.508 e. The van der Waals surface area contributed by atoms with Gasteiger partial charge in [-0.15, -0.1) is 0 Å². The van der Waals surface area contributed by atoms with Crippen LogP contribution in [0.1, 0.15) is 30.3 Å². The molecule has 2 heterocycles. The third-order valence-electron chi connectivity index (χ3n) is 3.89. The maximum atomic E-state index is 13.2. The monoisotopic (exact) mass is 350 g/mol. The van der Waals surface area contributed by atoms with Crippen molar-refractivity contribution >= 4 is 0 Å². The predicted molar refractivity (Wildman–Crippen MR) is 87.1 cm³/mol. The number of alkyl halides is 3. The van der Waals surface area contributed by atoms with E-state index in [1.54, 1.807) is 6.07 Å². The molecule has 0 spiro atoms. The van der Waals surface area contributed by atoms with E-state index in [1.165, 1.54) is 18.2 Å². The van der Waals surface area contributed by atoms with E-state index >= 15 is 0 Å². The molecule has 0 amide bonds. The molecule has 0 fully saturated rings.